The van der Waals surface area contributed by atoms with Crippen molar-refractivity contribution in [2.75, 3.05) is 32.1 Å². The van der Waals surface area contributed by atoms with Crippen LogP contribution in [0.3, 0.4) is 0 Å². The highest BCUT2D eigenvalue weighted by atomic mass is 32.1. The molecular formula is C23H24N4O5S2. The van der Waals surface area contributed by atoms with E-state index in [2.05, 4.69) is 15.5 Å². The molecule has 2 aliphatic heterocycles. The van der Waals surface area contributed by atoms with Gasteiger partial charge in [-0.3, -0.25) is 14.9 Å². The molecule has 0 spiro atoms. The van der Waals surface area contributed by atoms with E-state index < -0.39 is 0 Å². The Morgan fingerprint density at radius 3 is 2.97 bits per heavy atom. The van der Waals surface area contributed by atoms with Crippen molar-refractivity contribution < 1.29 is 23.8 Å². The molecule has 5 rings (SSSR count). The number of ether oxygens (including phenoxy) is 3. The fraction of sp³-hybridized carbons (Fsp3) is 0.391. The summed E-state index contributed by atoms with van der Waals surface area (Å²) >= 11 is 2.87. The number of aromatic nitrogens is 2. The number of thiophene rings is 1. The molecule has 178 valence electrons. The lowest BCUT2D eigenvalue weighted by Gasteiger charge is -2.19. The molecule has 0 aliphatic carbocycles. The van der Waals surface area contributed by atoms with Crippen molar-refractivity contribution in [1.82, 2.24) is 15.1 Å². The molecule has 34 heavy (non-hydrogen) atoms. The molecule has 1 N–H and O–H groups in total. The van der Waals surface area contributed by atoms with Crippen molar-refractivity contribution >= 4 is 39.6 Å². The van der Waals surface area contributed by atoms with Gasteiger partial charge in [0.05, 0.1) is 25.1 Å². The predicted molar refractivity (Wildman–Crippen MR) is 128 cm³/mol. The van der Waals surface area contributed by atoms with Gasteiger partial charge in [-0.15, -0.1) is 21.5 Å². The summed E-state index contributed by atoms with van der Waals surface area (Å²) < 4.78 is 17.0. The number of methoxy groups -OCH3 is 1. The van der Waals surface area contributed by atoms with Crippen molar-refractivity contribution in [3.63, 3.8) is 0 Å². The Hall–Kier alpha value is -3.02. The first-order valence-electron chi connectivity index (χ1n) is 11.0. The fourth-order valence-electron chi connectivity index (χ4n) is 4.08. The average Bonchev–Trinajstić information content (AvgIpc) is 3.63. The molecule has 3 aromatic rings. The highest BCUT2D eigenvalue weighted by Crippen LogP contribution is 2.36. The van der Waals surface area contributed by atoms with Crippen LogP contribution in [0.4, 0.5) is 5.13 Å². The van der Waals surface area contributed by atoms with E-state index in [4.69, 9.17) is 14.2 Å². The Balaban J connectivity index is 1.21. The Labute approximate surface area is 204 Å². The lowest BCUT2D eigenvalue weighted by molar-refractivity contribution is -0.131. The van der Waals surface area contributed by atoms with E-state index in [0.29, 0.717) is 36.2 Å². The van der Waals surface area contributed by atoms with E-state index >= 15 is 0 Å². The molecule has 2 saturated heterocycles. The molecule has 0 radical (unpaired) electrons. The van der Waals surface area contributed by atoms with Gasteiger partial charge in [0.25, 0.3) is 0 Å². The Morgan fingerprint density at radius 1 is 1.29 bits per heavy atom. The maximum absolute atomic E-state index is 12.6. The van der Waals surface area contributed by atoms with Gasteiger partial charge < -0.3 is 19.1 Å². The van der Waals surface area contributed by atoms with Crippen LogP contribution in [0.1, 0.15) is 30.7 Å². The first-order valence-corrected chi connectivity index (χ1v) is 12.7. The van der Waals surface area contributed by atoms with Gasteiger partial charge in [-0.25, -0.2) is 0 Å². The average molecular weight is 501 g/mol. The van der Waals surface area contributed by atoms with Crippen LogP contribution in [0.5, 0.6) is 11.5 Å². The minimum Gasteiger partial charge on any atom is -0.493 e. The van der Waals surface area contributed by atoms with Gasteiger partial charge in [-0.05, 0) is 35.6 Å². The number of hydrogen-bond acceptors (Lipinski definition) is 9. The largest absolute Gasteiger partial charge is 0.493 e. The molecule has 1 aromatic carbocycles. The SMILES string of the molecule is COc1ccc([C@@H]2CC(=O)N(CC(=O)Nc3nnc(-c4cccs4)s3)C2)cc1OC1CCCO1. The molecule has 0 bridgehead atoms. The number of nitrogens with zero attached hydrogens (tertiary/aromatic N) is 3. The van der Waals surface area contributed by atoms with Gasteiger partial charge in [-0.2, -0.15) is 0 Å². The smallest absolute Gasteiger partial charge is 0.245 e. The van der Waals surface area contributed by atoms with Crippen LogP contribution < -0.4 is 14.8 Å². The van der Waals surface area contributed by atoms with Crippen molar-refractivity contribution in [3.8, 4) is 21.4 Å². The Morgan fingerprint density at radius 2 is 2.21 bits per heavy atom. The monoisotopic (exact) mass is 500 g/mol. The minimum atomic E-state index is -0.292. The van der Waals surface area contributed by atoms with Crippen LogP contribution in [0, 0.1) is 0 Å². The van der Waals surface area contributed by atoms with E-state index in [-0.39, 0.29) is 30.6 Å². The van der Waals surface area contributed by atoms with Gasteiger partial charge in [0.15, 0.2) is 22.8 Å². The number of rotatable bonds is 8. The minimum absolute atomic E-state index is 0.0291. The first kappa shape index (κ1) is 22.8. The summed E-state index contributed by atoms with van der Waals surface area (Å²) in [5.74, 6) is 0.839. The third-order valence-electron chi connectivity index (χ3n) is 5.76. The first-order chi connectivity index (χ1) is 16.6. The van der Waals surface area contributed by atoms with Crippen LogP contribution >= 0.6 is 22.7 Å². The van der Waals surface area contributed by atoms with Crippen molar-refractivity contribution in [3.05, 3.63) is 41.3 Å². The number of carbonyl (C=O) groups is 2. The lowest BCUT2D eigenvalue weighted by atomic mass is 9.98. The standard InChI is InChI=1S/C23H24N4O5S2/c1-30-16-7-6-14(10-17(16)32-21-5-2-8-31-21)15-11-20(29)27(12-15)13-19(28)24-23-26-25-22(34-23)18-4-3-9-33-18/h3-4,6-7,9-10,15,21H,2,5,8,11-13H2,1H3,(H,24,26,28)/t15-,21?/m1/s1. The van der Waals surface area contributed by atoms with Crippen molar-refractivity contribution in [2.45, 2.75) is 31.5 Å². The maximum atomic E-state index is 12.6. The number of hydrogen-bond donors (Lipinski definition) is 1. The number of nitrogens with one attached hydrogen (secondary N) is 1. The summed E-state index contributed by atoms with van der Waals surface area (Å²) in [6, 6.07) is 9.59. The summed E-state index contributed by atoms with van der Waals surface area (Å²) in [5.41, 5.74) is 0.967. The molecule has 11 heteroatoms. The molecular weight excluding hydrogens is 476 g/mol. The number of amides is 2. The van der Waals surface area contributed by atoms with Crippen LogP contribution in [-0.2, 0) is 14.3 Å². The topological polar surface area (TPSA) is 103 Å². The number of anilines is 1. The second kappa shape index (κ2) is 10.1. The summed E-state index contributed by atoms with van der Waals surface area (Å²) in [4.78, 5) is 27.8. The highest BCUT2D eigenvalue weighted by Gasteiger charge is 2.32. The summed E-state index contributed by atoms with van der Waals surface area (Å²) in [7, 11) is 1.60. The van der Waals surface area contributed by atoms with Crippen LogP contribution in [0.25, 0.3) is 9.88 Å². The molecule has 2 aromatic heterocycles. The van der Waals surface area contributed by atoms with E-state index in [1.807, 2.05) is 35.7 Å². The summed E-state index contributed by atoms with van der Waals surface area (Å²) in [5, 5.41) is 14.1. The summed E-state index contributed by atoms with van der Waals surface area (Å²) in [6.07, 6.45) is 1.85. The second-order valence-electron chi connectivity index (χ2n) is 8.08. The third-order valence-corrected chi connectivity index (χ3v) is 7.64. The quantitative estimate of drug-likeness (QED) is 0.503. The lowest BCUT2D eigenvalue weighted by Crippen LogP contribution is -2.34. The van der Waals surface area contributed by atoms with Crippen LogP contribution in [-0.4, -0.2) is 60.0 Å². The zero-order chi connectivity index (χ0) is 23.5. The fourth-order valence-corrected chi connectivity index (χ4v) is 5.63. The van der Waals surface area contributed by atoms with Gasteiger partial charge >= 0.3 is 0 Å². The molecule has 9 nitrogen and oxygen atoms in total. The van der Waals surface area contributed by atoms with Gasteiger partial charge in [0.1, 0.15) is 0 Å². The molecule has 1 unspecified atom stereocenters. The second-order valence-corrected chi connectivity index (χ2v) is 10.0. The van der Waals surface area contributed by atoms with Crippen molar-refractivity contribution in [2.24, 2.45) is 0 Å². The van der Waals surface area contributed by atoms with Gasteiger partial charge in [0.2, 0.25) is 16.9 Å². The number of benzene rings is 1. The van der Waals surface area contributed by atoms with E-state index in [9.17, 15) is 9.59 Å². The molecule has 0 saturated carbocycles. The van der Waals surface area contributed by atoms with E-state index in [1.54, 1.807) is 23.3 Å². The van der Waals surface area contributed by atoms with Crippen LogP contribution in [0.15, 0.2) is 35.7 Å². The molecule has 2 amide bonds. The molecule has 2 aliphatic rings. The number of likely N-dealkylation sites (tertiary alicyclic amines) is 1. The molecule has 4 heterocycles. The number of carbonyl (C=O) groups excluding carboxylic acids is 2. The van der Waals surface area contributed by atoms with Gasteiger partial charge in [0, 0.05) is 25.3 Å². The predicted octanol–water partition coefficient (Wildman–Crippen LogP) is 3.75. The normalized spacial score (nSPS) is 20.0. The maximum Gasteiger partial charge on any atom is 0.245 e. The Kier molecular flexibility index (Phi) is 6.75. The van der Waals surface area contributed by atoms with E-state index in [1.165, 1.54) is 11.3 Å². The summed E-state index contributed by atoms with van der Waals surface area (Å²) in [6.45, 7) is 1.11. The Bertz CT molecular complexity index is 1160. The van der Waals surface area contributed by atoms with Crippen molar-refractivity contribution in [1.29, 1.82) is 0 Å². The zero-order valence-electron chi connectivity index (χ0n) is 18.6. The zero-order valence-corrected chi connectivity index (χ0v) is 20.2. The molecule has 2 atom stereocenters. The molecule has 2 fully saturated rings. The van der Waals surface area contributed by atoms with E-state index in [0.717, 1.165) is 28.3 Å². The van der Waals surface area contributed by atoms with Crippen LogP contribution in [0.2, 0.25) is 0 Å². The van der Waals surface area contributed by atoms with Gasteiger partial charge in [-0.1, -0.05) is 23.5 Å². The highest BCUT2D eigenvalue weighted by molar-refractivity contribution is 7.23. The third kappa shape index (κ3) is 5.06.